The second kappa shape index (κ2) is 4.48. The maximum atomic E-state index is 13.8. The zero-order valence-electron chi connectivity index (χ0n) is 9.65. The van der Waals surface area contributed by atoms with Gasteiger partial charge in [-0.3, -0.25) is 9.78 Å². The van der Waals surface area contributed by atoms with Crippen molar-refractivity contribution in [2.75, 3.05) is 5.32 Å². The third kappa shape index (κ3) is 2.00. The molecule has 0 radical (unpaired) electrons. The third-order valence-corrected chi connectivity index (χ3v) is 3.18. The van der Waals surface area contributed by atoms with Crippen molar-refractivity contribution in [1.82, 2.24) is 4.98 Å². The third-order valence-electron chi connectivity index (χ3n) is 2.89. The number of amides is 1. The van der Waals surface area contributed by atoms with Gasteiger partial charge in [0.25, 0.3) is 5.91 Å². The van der Waals surface area contributed by atoms with Crippen molar-refractivity contribution in [3.05, 3.63) is 58.6 Å². The van der Waals surface area contributed by atoms with Gasteiger partial charge in [0, 0.05) is 23.5 Å². The summed E-state index contributed by atoms with van der Waals surface area (Å²) in [5.41, 5.74) is 1.99. The lowest BCUT2D eigenvalue weighted by Crippen LogP contribution is -2.03. The van der Waals surface area contributed by atoms with Gasteiger partial charge in [0.05, 0.1) is 16.3 Å². The molecule has 1 aliphatic heterocycles. The predicted octanol–water partition coefficient (Wildman–Crippen LogP) is 3.37. The number of fused-ring (bicyclic) bond motifs is 1. The van der Waals surface area contributed by atoms with E-state index in [1.165, 1.54) is 12.1 Å². The van der Waals surface area contributed by atoms with Crippen LogP contribution in [-0.4, -0.2) is 10.9 Å². The van der Waals surface area contributed by atoms with Gasteiger partial charge in [0.1, 0.15) is 5.82 Å². The van der Waals surface area contributed by atoms with E-state index in [1.54, 1.807) is 30.6 Å². The van der Waals surface area contributed by atoms with Gasteiger partial charge in [-0.1, -0.05) is 23.7 Å². The maximum Gasteiger partial charge on any atom is 0.256 e. The van der Waals surface area contributed by atoms with E-state index in [4.69, 9.17) is 11.6 Å². The standard InChI is InChI=1S/C14H8ClFN2O/c15-11-3-1-2-8(13(11)16)6-9-10-7-17-5-4-12(10)18-14(9)19/h1-7H,(H,18,19)/b9-6+. The van der Waals surface area contributed by atoms with Crippen LogP contribution >= 0.6 is 11.6 Å². The van der Waals surface area contributed by atoms with E-state index in [9.17, 15) is 9.18 Å². The minimum atomic E-state index is -0.540. The predicted molar refractivity (Wildman–Crippen MR) is 72.1 cm³/mol. The lowest BCUT2D eigenvalue weighted by Gasteiger charge is -2.01. The molecular formula is C14H8ClFN2O. The molecule has 0 fully saturated rings. The smallest absolute Gasteiger partial charge is 0.256 e. The van der Waals surface area contributed by atoms with Gasteiger partial charge in [0.15, 0.2) is 0 Å². The summed E-state index contributed by atoms with van der Waals surface area (Å²) < 4.78 is 13.8. The molecule has 0 saturated carbocycles. The van der Waals surface area contributed by atoms with Gasteiger partial charge in [-0.25, -0.2) is 4.39 Å². The maximum absolute atomic E-state index is 13.8. The SMILES string of the molecule is O=C1Nc2ccncc2/C1=C\c1cccc(Cl)c1F. The van der Waals surface area contributed by atoms with Crippen LogP contribution in [0.25, 0.3) is 11.6 Å². The molecule has 94 valence electrons. The number of halogens is 2. The molecule has 0 saturated heterocycles. The number of carbonyl (C=O) groups is 1. The van der Waals surface area contributed by atoms with Gasteiger partial charge in [-0.05, 0) is 18.2 Å². The number of pyridine rings is 1. The Labute approximate surface area is 113 Å². The first-order valence-corrected chi connectivity index (χ1v) is 5.96. The van der Waals surface area contributed by atoms with E-state index >= 15 is 0 Å². The highest BCUT2D eigenvalue weighted by Crippen LogP contribution is 2.32. The van der Waals surface area contributed by atoms with Crippen LogP contribution in [-0.2, 0) is 4.79 Å². The van der Waals surface area contributed by atoms with E-state index in [1.807, 2.05) is 0 Å². The van der Waals surface area contributed by atoms with Gasteiger partial charge in [0.2, 0.25) is 0 Å². The molecule has 3 nitrogen and oxygen atoms in total. The van der Waals surface area contributed by atoms with Gasteiger partial charge >= 0.3 is 0 Å². The van der Waals surface area contributed by atoms with Crippen LogP contribution < -0.4 is 5.32 Å². The number of carbonyl (C=O) groups excluding carboxylic acids is 1. The summed E-state index contributed by atoms with van der Waals surface area (Å²) in [6.07, 6.45) is 4.63. The van der Waals surface area contributed by atoms with Crippen LogP contribution in [0.5, 0.6) is 0 Å². The van der Waals surface area contributed by atoms with E-state index in [2.05, 4.69) is 10.3 Å². The molecule has 0 bridgehead atoms. The van der Waals surface area contributed by atoms with Gasteiger partial charge < -0.3 is 5.32 Å². The number of nitrogens with one attached hydrogen (secondary N) is 1. The molecule has 0 aliphatic carbocycles. The molecule has 19 heavy (non-hydrogen) atoms. The Morgan fingerprint density at radius 3 is 3.00 bits per heavy atom. The van der Waals surface area contributed by atoms with Crippen molar-refractivity contribution in [2.24, 2.45) is 0 Å². The number of hydrogen-bond donors (Lipinski definition) is 1. The number of hydrogen-bond acceptors (Lipinski definition) is 2. The lowest BCUT2D eigenvalue weighted by atomic mass is 10.1. The Morgan fingerprint density at radius 2 is 2.16 bits per heavy atom. The minimum absolute atomic E-state index is 0.0270. The second-order valence-electron chi connectivity index (χ2n) is 4.08. The number of rotatable bonds is 1. The molecule has 1 aromatic heterocycles. The highest BCUT2D eigenvalue weighted by Gasteiger charge is 2.24. The van der Waals surface area contributed by atoms with Crippen molar-refractivity contribution in [2.45, 2.75) is 0 Å². The largest absolute Gasteiger partial charge is 0.321 e. The normalized spacial score (nSPS) is 15.5. The Kier molecular flexibility index (Phi) is 2.80. The Bertz CT molecular complexity index is 712. The molecule has 0 spiro atoms. The van der Waals surface area contributed by atoms with E-state index < -0.39 is 5.82 Å². The summed E-state index contributed by atoms with van der Waals surface area (Å²) >= 11 is 5.72. The Balaban J connectivity index is 2.14. The molecule has 2 heterocycles. The van der Waals surface area contributed by atoms with Crippen molar-refractivity contribution >= 4 is 34.8 Å². The fourth-order valence-corrected chi connectivity index (χ4v) is 2.14. The summed E-state index contributed by atoms with van der Waals surface area (Å²) in [7, 11) is 0. The first-order chi connectivity index (χ1) is 9.16. The van der Waals surface area contributed by atoms with E-state index in [-0.39, 0.29) is 16.5 Å². The molecule has 1 aromatic carbocycles. The zero-order valence-corrected chi connectivity index (χ0v) is 10.4. The molecule has 2 aromatic rings. The topological polar surface area (TPSA) is 42.0 Å². The van der Waals surface area contributed by atoms with Crippen molar-refractivity contribution in [1.29, 1.82) is 0 Å². The number of aromatic nitrogens is 1. The number of benzene rings is 1. The Hall–Kier alpha value is -2.20. The fourth-order valence-electron chi connectivity index (χ4n) is 1.96. The van der Waals surface area contributed by atoms with Crippen LogP contribution in [0.4, 0.5) is 10.1 Å². The second-order valence-corrected chi connectivity index (χ2v) is 4.48. The summed E-state index contributed by atoms with van der Waals surface area (Å²) in [5.74, 6) is -0.816. The molecule has 3 rings (SSSR count). The molecule has 1 N–H and O–H groups in total. The molecule has 1 amide bonds. The number of nitrogens with zero attached hydrogens (tertiary/aromatic N) is 1. The van der Waals surface area contributed by atoms with Crippen molar-refractivity contribution in [3.8, 4) is 0 Å². The monoisotopic (exact) mass is 274 g/mol. The van der Waals surface area contributed by atoms with Crippen LogP contribution in [0, 0.1) is 5.82 Å². The van der Waals surface area contributed by atoms with Crippen molar-refractivity contribution in [3.63, 3.8) is 0 Å². The summed E-state index contributed by atoms with van der Waals surface area (Å²) in [6, 6.07) is 6.36. The Morgan fingerprint density at radius 1 is 1.32 bits per heavy atom. The average Bonchev–Trinajstić information content (AvgIpc) is 2.72. The van der Waals surface area contributed by atoms with Crippen LogP contribution in [0.2, 0.25) is 5.02 Å². The highest BCUT2D eigenvalue weighted by molar-refractivity contribution is 6.35. The quantitative estimate of drug-likeness (QED) is 0.810. The summed E-state index contributed by atoms with van der Waals surface area (Å²) in [5, 5.41) is 2.73. The lowest BCUT2D eigenvalue weighted by molar-refractivity contribution is -0.110. The average molecular weight is 275 g/mol. The molecule has 0 unspecified atom stereocenters. The minimum Gasteiger partial charge on any atom is -0.321 e. The first-order valence-electron chi connectivity index (χ1n) is 5.58. The fraction of sp³-hybridized carbons (Fsp3) is 0. The first kappa shape index (κ1) is 11.9. The van der Waals surface area contributed by atoms with Gasteiger partial charge in [-0.2, -0.15) is 0 Å². The van der Waals surface area contributed by atoms with E-state index in [0.29, 0.717) is 16.8 Å². The summed E-state index contributed by atoms with van der Waals surface area (Å²) in [6.45, 7) is 0. The highest BCUT2D eigenvalue weighted by atomic mass is 35.5. The molecular weight excluding hydrogens is 267 g/mol. The van der Waals surface area contributed by atoms with Gasteiger partial charge in [-0.15, -0.1) is 0 Å². The zero-order chi connectivity index (χ0) is 13.4. The molecule has 0 atom stereocenters. The molecule has 5 heteroatoms. The summed E-state index contributed by atoms with van der Waals surface area (Å²) in [4.78, 5) is 15.8. The van der Waals surface area contributed by atoms with E-state index in [0.717, 1.165) is 0 Å². The van der Waals surface area contributed by atoms with Crippen LogP contribution in [0.3, 0.4) is 0 Å². The van der Waals surface area contributed by atoms with Crippen LogP contribution in [0.15, 0.2) is 36.7 Å². The number of anilines is 1. The van der Waals surface area contributed by atoms with Crippen molar-refractivity contribution < 1.29 is 9.18 Å². The molecule has 1 aliphatic rings. The van der Waals surface area contributed by atoms with Crippen LogP contribution in [0.1, 0.15) is 11.1 Å².